The Bertz CT molecular complexity index is 418. The van der Waals surface area contributed by atoms with E-state index >= 15 is 0 Å². The highest BCUT2D eigenvalue weighted by atomic mass is 19.1. The Labute approximate surface area is 114 Å². The standard InChI is InChI=1S/C15H23FN2O/c1-15(2,12-7-4-5-8-13(12)16)11-18-14(19)9-6-10-17-3/h4-5,7-8,17H,6,9-11H2,1-3H3,(H,18,19). The molecule has 1 amide bonds. The molecular formula is C15H23FN2O. The van der Waals surface area contributed by atoms with E-state index in [2.05, 4.69) is 10.6 Å². The first kappa shape index (κ1) is 15.6. The summed E-state index contributed by atoms with van der Waals surface area (Å²) in [5.41, 5.74) is 0.217. The first-order chi connectivity index (χ1) is 8.97. The molecule has 0 saturated heterocycles. The lowest BCUT2D eigenvalue weighted by Crippen LogP contribution is -2.37. The fourth-order valence-corrected chi connectivity index (χ4v) is 1.94. The molecule has 4 heteroatoms. The fourth-order valence-electron chi connectivity index (χ4n) is 1.94. The van der Waals surface area contributed by atoms with Gasteiger partial charge in [0.05, 0.1) is 0 Å². The van der Waals surface area contributed by atoms with E-state index in [1.165, 1.54) is 6.07 Å². The molecule has 0 atom stereocenters. The van der Waals surface area contributed by atoms with Crippen molar-refractivity contribution in [3.8, 4) is 0 Å². The predicted molar refractivity (Wildman–Crippen MR) is 75.6 cm³/mol. The smallest absolute Gasteiger partial charge is 0.220 e. The van der Waals surface area contributed by atoms with Crippen LogP contribution in [0.5, 0.6) is 0 Å². The summed E-state index contributed by atoms with van der Waals surface area (Å²) < 4.78 is 13.7. The molecule has 0 bridgehead atoms. The minimum Gasteiger partial charge on any atom is -0.355 e. The van der Waals surface area contributed by atoms with Crippen molar-refractivity contribution in [3.63, 3.8) is 0 Å². The van der Waals surface area contributed by atoms with E-state index in [1.54, 1.807) is 12.1 Å². The minimum atomic E-state index is -0.413. The van der Waals surface area contributed by atoms with Crippen molar-refractivity contribution >= 4 is 5.91 Å². The number of hydrogen-bond acceptors (Lipinski definition) is 2. The second kappa shape index (κ2) is 7.24. The molecule has 0 fully saturated rings. The molecule has 0 spiro atoms. The van der Waals surface area contributed by atoms with E-state index in [0.717, 1.165) is 13.0 Å². The largest absolute Gasteiger partial charge is 0.355 e. The molecule has 0 aliphatic heterocycles. The maximum absolute atomic E-state index is 13.7. The van der Waals surface area contributed by atoms with Crippen LogP contribution in [0.4, 0.5) is 4.39 Å². The number of nitrogens with one attached hydrogen (secondary N) is 2. The Hall–Kier alpha value is -1.42. The zero-order valence-corrected chi connectivity index (χ0v) is 11.9. The number of hydrogen-bond donors (Lipinski definition) is 2. The van der Waals surface area contributed by atoms with Crippen LogP contribution in [0, 0.1) is 5.82 Å². The van der Waals surface area contributed by atoms with E-state index in [9.17, 15) is 9.18 Å². The van der Waals surface area contributed by atoms with E-state index in [4.69, 9.17) is 0 Å². The first-order valence-electron chi connectivity index (χ1n) is 6.63. The Morgan fingerprint density at radius 2 is 2.00 bits per heavy atom. The average Bonchev–Trinajstić information content (AvgIpc) is 2.37. The number of rotatable bonds is 7. The van der Waals surface area contributed by atoms with Crippen molar-refractivity contribution < 1.29 is 9.18 Å². The Kier molecular flexibility index (Phi) is 5.96. The predicted octanol–water partition coefficient (Wildman–Crippen LogP) is 2.22. The summed E-state index contributed by atoms with van der Waals surface area (Å²) in [7, 11) is 1.86. The van der Waals surface area contributed by atoms with E-state index in [1.807, 2.05) is 27.0 Å². The van der Waals surface area contributed by atoms with Crippen LogP contribution in [-0.4, -0.2) is 26.0 Å². The van der Waals surface area contributed by atoms with Crippen molar-refractivity contribution in [3.05, 3.63) is 35.6 Å². The molecule has 19 heavy (non-hydrogen) atoms. The lowest BCUT2D eigenvalue weighted by atomic mass is 9.84. The van der Waals surface area contributed by atoms with Gasteiger partial charge in [0.1, 0.15) is 5.82 Å². The number of halogens is 1. The quantitative estimate of drug-likeness (QED) is 0.743. The van der Waals surface area contributed by atoms with Crippen LogP contribution in [0.2, 0.25) is 0 Å². The molecule has 0 unspecified atom stereocenters. The molecule has 1 aromatic carbocycles. The SMILES string of the molecule is CNCCCC(=O)NCC(C)(C)c1ccccc1F. The van der Waals surface area contributed by atoms with Crippen LogP contribution in [0.25, 0.3) is 0 Å². The van der Waals surface area contributed by atoms with Crippen LogP contribution < -0.4 is 10.6 Å². The molecule has 1 aromatic rings. The Morgan fingerprint density at radius 1 is 1.32 bits per heavy atom. The number of amides is 1. The molecular weight excluding hydrogens is 243 g/mol. The second-order valence-corrected chi connectivity index (χ2v) is 5.35. The number of carbonyl (C=O) groups is 1. The van der Waals surface area contributed by atoms with E-state index in [-0.39, 0.29) is 11.7 Å². The van der Waals surface area contributed by atoms with Crippen LogP contribution in [-0.2, 0) is 10.2 Å². The van der Waals surface area contributed by atoms with Gasteiger partial charge in [0.25, 0.3) is 0 Å². The van der Waals surface area contributed by atoms with Gasteiger partial charge in [0.2, 0.25) is 5.91 Å². The van der Waals surface area contributed by atoms with Crippen molar-refractivity contribution in [2.45, 2.75) is 32.1 Å². The third kappa shape index (κ3) is 4.99. The average molecular weight is 266 g/mol. The van der Waals surface area contributed by atoms with Gasteiger partial charge in [0.15, 0.2) is 0 Å². The molecule has 106 valence electrons. The zero-order valence-electron chi connectivity index (χ0n) is 11.9. The molecule has 0 radical (unpaired) electrons. The van der Waals surface area contributed by atoms with E-state index < -0.39 is 5.41 Å². The van der Waals surface area contributed by atoms with Gasteiger partial charge in [-0.1, -0.05) is 32.0 Å². The molecule has 0 saturated carbocycles. The van der Waals surface area contributed by atoms with E-state index in [0.29, 0.717) is 18.5 Å². The second-order valence-electron chi connectivity index (χ2n) is 5.35. The van der Waals surface area contributed by atoms with Gasteiger partial charge in [-0.05, 0) is 31.6 Å². The molecule has 3 nitrogen and oxygen atoms in total. The molecule has 0 heterocycles. The van der Waals surface area contributed by atoms with Crippen LogP contribution in [0.3, 0.4) is 0 Å². The monoisotopic (exact) mass is 266 g/mol. The van der Waals surface area contributed by atoms with Gasteiger partial charge in [-0.15, -0.1) is 0 Å². The highest BCUT2D eigenvalue weighted by Gasteiger charge is 2.24. The highest BCUT2D eigenvalue weighted by Crippen LogP contribution is 2.24. The fraction of sp³-hybridized carbons (Fsp3) is 0.533. The summed E-state index contributed by atoms with van der Waals surface area (Å²) in [5.74, 6) is -0.211. The Balaban J connectivity index is 2.51. The van der Waals surface area contributed by atoms with Gasteiger partial charge in [0, 0.05) is 18.4 Å². The number of carbonyl (C=O) groups excluding carboxylic acids is 1. The molecule has 1 rings (SSSR count). The third-order valence-electron chi connectivity index (χ3n) is 3.16. The molecule has 2 N–H and O–H groups in total. The van der Waals surface area contributed by atoms with Gasteiger partial charge in [-0.3, -0.25) is 4.79 Å². The van der Waals surface area contributed by atoms with Gasteiger partial charge in [-0.2, -0.15) is 0 Å². The molecule has 0 aromatic heterocycles. The number of benzene rings is 1. The van der Waals surface area contributed by atoms with Crippen LogP contribution in [0.15, 0.2) is 24.3 Å². The lowest BCUT2D eigenvalue weighted by molar-refractivity contribution is -0.121. The normalized spacial score (nSPS) is 11.4. The van der Waals surface area contributed by atoms with Gasteiger partial charge in [-0.25, -0.2) is 4.39 Å². The van der Waals surface area contributed by atoms with Crippen LogP contribution >= 0.6 is 0 Å². The van der Waals surface area contributed by atoms with Crippen molar-refractivity contribution in [2.75, 3.05) is 20.1 Å². The molecule has 0 aliphatic carbocycles. The van der Waals surface area contributed by atoms with Gasteiger partial charge >= 0.3 is 0 Å². The maximum atomic E-state index is 13.7. The summed E-state index contributed by atoms with van der Waals surface area (Å²) in [5, 5.41) is 5.87. The Morgan fingerprint density at radius 3 is 2.63 bits per heavy atom. The summed E-state index contributed by atoms with van der Waals surface area (Å²) in [6.07, 6.45) is 1.30. The molecule has 0 aliphatic rings. The summed E-state index contributed by atoms with van der Waals surface area (Å²) in [6.45, 7) is 5.12. The lowest BCUT2D eigenvalue weighted by Gasteiger charge is -2.26. The summed E-state index contributed by atoms with van der Waals surface area (Å²) in [6, 6.07) is 6.70. The van der Waals surface area contributed by atoms with Crippen molar-refractivity contribution in [1.82, 2.24) is 10.6 Å². The van der Waals surface area contributed by atoms with Crippen molar-refractivity contribution in [2.24, 2.45) is 0 Å². The summed E-state index contributed by atoms with van der Waals surface area (Å²) >= 11 is 0. The van der Waals surface area contributed by atoms with Gasteiger partial charge < -0.3 is 10.6 Å². The first-order valence-corrected chi connectivity index (χ1v) is 6.63. The third-order valence-corrected chi connectivity index (χ3v) is 3.16. The zero-order chi connectivity index (χ0) is 14.3. The topological polar surface area (TPSA) is 41.1 Å². The maximum Gasteiger partial charge on any atom is 0.220 e. The highest BCUT2D eigenvalue weighted by molar-refractivity contribution is 5.75. The van der Waals surface area contributed by atoms with Crippen molar-refractivity contribution in [1.29, 1.82) is 0 Å². The van der Waals surface area contributed by atoms with Crippen LogP contribution in [0.1, 0.15) is 32.3 Å². The summed E-state index contributed by atoms with van der Waals surface area (Å²) in [4.78, 5) is 11.6. The minimum absolute atomic E-state index is 0.0136.